The van der Waals surface area contributed by atoms with Gasteiger partial charge in [0.25, 0.3) is 0 Å². The summed E-state index contributed by atoms with van der Waals surface area (Å²) in [5, 5.41) is 7.86. The topological polar surface area (TPSA) is 54.4 Å². The Morgan fingerprint density at radius 1 is 0.842 bits per heavy atom. The second-order valence-electron chi connectivity index (χ2n) is 4.00. The predicted octanol–water partition coefficient (Wildman–Crippen LogP) is 3.40. The van der Waals surface area contributed by atoms with Crippen molar-refractivity contribution in [1.82, 2.24) is 0 Å². The fourth-order valence-electron chi connectivity index (χ4n) is 1.47. The maximum atomic E-state index is 9.87. The van der Waals surface area contributed by atoms with E-state index in [1.165, 1.54) is 18.1 Å². The first-order valence-electron chi connectivity index (χ1n) is 5.91. The van der Waals surface area contributed by atoms with Gasteiger partial charge in [-0.2, -0.15) is 0 Å². The minimum Gasteiger partial charge on any atom is -0.481 e. The summed E-state index contributed by atoms with van der Waals surface area (Å²) in [5.41, 5.74) is 2.55. The Balaban J connectivity index is 0.000000224. The van der Waals surface area contributed by atoms with E-state index in [-0.39, 0.29) is 12.2 Å². The molecule has 0 fully saturated rings. The molecule has 2 aromatic carbocycles. The molecule has 0 saturated carbocycles. The monoisotopic (exact) mass is 256 g/mol. The average molecular weight is 256 g/mol. The molecule has 19 heavy (non-hydrogen) atoms. The quantitative estimate of drug-likeness (QED) is 0.856. The second-order valence-corrected chi connectivity index (χ2v) is 4.00. The Kier molecular flexibility index (Phi) is 6.03. The fourth-order valence-corrected chi connectivity index (χ4v) is 1.47. The number of rotatable bonds is 3. The third-order valence-corrected chi connectivity index (χ3v) is 2.28. The Morgan fingerprint density at radius 2 is 1.21 bits per heavy atom. The summed E-state index contributed by atoms with van der Waals surface area (Å²) in [5.74, 6) is -1.37. The number of ketones is 1. The standard InChI is InChI=1S/C12H10.C4H6O3/c1-3-7-11(8-4-1)12-9-5-2-6-10-12;1-3(5)2-4(6)7/h1-10H;2H2,1H3,(H,6,7). The maximum absolute atomic E-state index is 9.87. The first kappa shape index (κ1) is 14.6. The van der Waals surface area contributed by atoms with Crippen molar-refractivity contribution < 1.29 is 14.7 Å². The van der Waals surface area contributed by atoms with Crippen LogP contribution in [0.3, 0.4) is 0 Å². The Bertz CT molecular complexity index is 469. The van der Waals surface area contributed by atoms with Crippen molar-refractivity contribution in [2.24, 2.45) is 0 Å². The first-order chi connectivity index (χ1) is 9.09. The van der Waals surface area contributed by atoms with Crippen molar-refractivity contribution in [2.75, 3.05) is 0 Å². The number of Topliss-reactive ketones (excluding diaryl/α,β-unsaturated/α-hetero) is 1. The number of carboxylic acids is 1. The largest absolute Gasteiger partial charge is 0.481 e. The van der Waals surface area contributed by atoms with E-state index >= 15 is 0 Å². The molecule has 98 valence electrons. The zero-order valence-electron chi connectivity index (χ0n) is 10.7. The smallest absolute Gasteiger partial charge is 0.310 e. The molecule has 0 radical (unpaired) electrons. The lowest BCUT2D eigenvalue weighted by molar-refractivity contribution is -0.139. The number of carbonyl (C=O) groups excluding carboxylic acids is 1. The van der Waals surface area contributed by atoms with Gasteiger partial charge in [-0.3, -0.25) is 9.59 Å². The molecule has 0 spiro atoms. The summed E-state index contributed by atoms with van der Waals surface area (Å²) in [6.07, 6.45) is -0.361. The maximum Gasteiger partial charge on any atom is 0.310 e. The lowest BCUT2D eigenvalue weighted by atomic mass is 10.1. The van der Waals surface area contributed by atoms with Crippen LogP contribution in [-0.4, -0.2) is 16.9 Å². The van der Waals surface area contributed by atoms with E-state index in [2.05, 4.69) is 48.5 Å². The van der Waals surface area contributed by atoms with Crippen molar-refractivity contribution >= 4 is 11.8 Å². The van der Waals surface area contributed by atoms with E-state index in [1.54, 1.807) is 0 Å². The third kappa shape index (κ3) is 6.17. The summed E-state index contributed by atoms with van der Waals surface area (Å²) >= 11 is 0. The SMILES string of the molecule is CC(=O)CC(=O)O.c1ccc(-c2ccccc2)cc1. The van der Waals surface area contributed by atoms with Crippen LogP contribution in [0.2, 0.25) is 0 Å². The number of benzene rings is 2. The average Bonchev–Trinajstić information content (AvgIpc) is 2.40. The van der Waals surface area contributed by atoms with Crippen molar-refractivity contribution in [3.8, 4) is 11.1 Å². The molecule has 0 aliphatic rings. The van der Waals surface area contributed by atoms with Gasteiger partial charge in [0.2, 0.25) is 0 Å². The van der Waals surface area contributed by atoms with Crippen LogP contribution in [-0.2, 0) is 9.59 Å². The number of hydrogen-bond acceptors (Lipinski definition) is 2. The summed E-state index contributed by atoms with van der Waals surface area (Å²) < 4.78 is 0. The van der Waals surface area contributed by atoms with Gasteiger partial charge in [-0.15, -0.1) is 0 Å². The predicted molar refractivity (Wildman–Crippen MR) is 74.8 cm³/mol. The molecule has 0 aliphatic carbocycles. The van der Waals surface area contributed by atoms with Gasteiger partial charge in [0.15, 0.2) is 0 Å². The van der Waals surface area contributed by atoms with Crippen LogP contribution >= 0.6 is 0 Å². The Hall–Kier alpha value is -2.42. The van der Waals surface area contributed by atoms with Crippen LogP contribution < -0.4 is 0 Å². The molecule has 0 bridgehead atoms. The number of carbonyl (C=O) groups is 2. The molecule has 3 heteroatoms. The Labute approximate surface area is 112 Å². The van der Waals surface area contributed by atoms with Gasteiger partial charge in [-0.25, -0.2) is 0 Å². The van der Waals surface area contributed by atoms with Gasteiger partial charge in [0.1, 0.15) is 12.2 Å². The molecule has 3 nitrogen and oxygen atoms in total. The molecule has 0 saturated heterocycles. The molecule has 0 unspecified atom stereocenters. The first-order valence-corrected chi connectivity index (χ1v) is 5.91. The zero-order chi connectivity index (χ0) is 14.1. The van der Waals surface area contributed by atoms with Crippen LogP contribution in [0.25, 0.3) is 11.1 Å². The Morgan fingerprint density at radius 3 is 1.42 bits per heavy atom. The second kappa shape index (κ2) is 7.82. The van der Waals surface area contributed by atoms with Crippen LogP contribution in [0.15, 0.2) is 60.7 Å². The highest BCUT2D eigenvalue weighted by Gasteiger charge is 1.98. The third-order valence-electron chi connectivity index (χ3n) is 2.28. The highest BCUT2D eigenvalue weighted by molar-refractivity contribution is 5.93. The van der Waals surface area contributed by atoms with Crippen molar-refractivity contribution in [3.63, 3.8) is 0 Å². The van der Waals surface area contributed by atoms with E-state index in [9.17, 15) is 9.59 Å². The van der Waals surface area contributed by atoms with E-state index in [4.69, 9.17) is 5.11 Å². The minimum absolute atomic E-state index is 0.312. The van der Waals surface area contributed by atoms with E-state index in [0.717, 1.165) is 0 Å². The molecule has 0 aromatic heterocycles. The van der Waals surface area contributed by atoms with Gasteiger partial charge in [-0.1, -0.05) is 60.7 Å². The molecular formula is C16H16O3. The summed E-state index contributed by atoms with van der Waals surface area (Å²) in [4.78, 5) is 19.5. The van der Waals surface area contributed by atoms with Crippen LogP contribution in [0, 0.1) is 0 Å². The van der Waals surface area contributed by atoms with E-state index in [1.807, 2.05) is 12.1 Å². The van der Waals surface area contributed by atoms with Gasteiger partial charge in [0.05, 0.1) is 0 Å². The molecule has 0 amide bonds. The minimum atomic E-state index is -1.06. The molecule has 0 aliphatic heterocycles. The number of aliphatic carboxylic acids is 1. The van der Waals surface area contributed by atoms with Gasteiger partial charge in [-0.05, 0) is 18.1 Å². The van der Waals surface area contributed by atoms with Crippen molar-refractivity contribution in [2.45, 2.75) is 13.3 Å². The number of carboxylic acid groups (broad SMARTS) is 1. The highest BCUT2D eigenvalue weighted by atomic mass is 16.4. The van der Waals surface area contributed by atoms with Crippen molar-refractivity contribution in [1.29, 1.82) is 0 Å². The summed E-state index contributed by atoms with van der Waals surface area (Å²) in [6, 6.07) is 20.8. The van der Waals surface area contributed by atoms with Gasteiger partial charge >= 0.3 is 5.97 Å². The lowest BCUT2D eigenvalue weighted by Gasteiger charge is -1.98. The molecule has 2 rings (SSSR count). The fraction of sp³-hybridized carbons (Fsp3) is 0.125. The zero-order valence-corrected chi connectivity index (χ0v) is 10.7. The number of hydrogen-bond donors (Lipinski definition) is 1. The summed E-state index contributed by atoms with van der Waals surface area (Å²) in [6.45, 7) is 1.24. The highest BCUT2D eigenvalue weighted by Crippen LogP contribution is 2.17. The molecule has 2 aromatic rings. The van der Waals surface area contributed by atoms with Gasteiger partial charge in [0, 0.05) is 0 Å². The van der Waals surface area contributed by atoms with Crippen LogP contribution in [0.1, 0.15) is 13.3 Å². The van der Waals surface area contributed by atoms with Gasteiger partial charge < -0.3 is 5.11 Å². The van der Waals surface area contributed by atoms with Crippen LogP contribution in [0.4, 0.5) is 0 Å². The molecule has 0 heterocycles. The molecule has 1 N–H and O–H groups in total. The lowest BCUT2D eigenvalue weighted by Crippen LogP contribution is -2.00. The van der Waals surface area contributed by atoms with Crippen LogP contribution in [0.5, 0.6) is 0 Å². The van der Waals surface area contributed by atoms with E-state index < -0.39 is 5.97 Å². The summed E-state index contributed by atoms with van der Waals surface area (Å²) in [7, 11) is 0. The molecular weight excluding hydrogens is 240 g/mol. The van der Waals surface area contributed by atoms with Crippen molar-refractivity contribution in [3.05, 3.63) is 60.7 Å². The molecule has 0 atom stereocenters. The van der Waals surface area contributed by atoms with E-state index in [0.29, 0.717) is 0 Å². The normalized spacial score (nSPS) is 9.11.